The Balaban J connectivity index is 1.20. The molecular formula is C20H22N2O3. The number of furan rings is 1. The van der Waals surface area contributed by atoms with Crippen LogP contribution in [0.2, 0.25) is 0 Å². The van der Waals surface area contributed by atoms with Crippen molar-refractivity contribution in [3.8, 4) is 0 Å². The number of rotatable bonds is 6. The van der Waals surface area contributed by atoms with Crippen LogP contribution in [-0.4, -0.2) is 24.9 Å². The average molecular weight is 338 g/mol. The van der Waals surface area contributed by atoms with Gasteiger partial charge in [0.15, 0.2) is 5.76 Å². The van der Waals surface area contributed by atoms with Gasteiger partial charge in [0, 0.05) is 24.9 Å². The Kier molecular flexibility index (Phi) is 4.07. The van der Waals surface area contributed by atoms with Gasteiger partial charge in [-0.3, -0.25) is 9.59 Å². The summed E-state index contributed by atoms with van der Waals surface area (Å²) in [7, 11) is 0. The molecule has 2 aromatic rings. The van der Waals surface area contributed by atoms with E-state index < -0.39 is 0 Å². The molecule has 0 aliphatic heterocycles. The van der Waals surface area contributed by atoms with Crippen molar-refractivity contribution in [2.75, 3.05) is 13.1 Å². The summed E-state index contributed by atoms with van der Waals surface area (Å²) >= 11 is 0. The van der Waals surface area contributed by atoms with E-state index in [4.69, 9.17) is 4.42 Å². The lowest BCUT2D eigenvalue weighted by Gasteiger charge is -2.12. The minimum atomic E-state index is -0.290. The van der Waals surface area contributed by atoms with E-state index in [0.29, 0.717) is 17.9 Å². The van der Waals surface area contributed by atoms with Crippen molar-refractivity contribution < 1.29 is 14.0 Å². The van der Waals surface area contributed by atoms with Crippen LogP contribution < -0.4 is 10.6 Å². The van der Waals surface area contributed by atoms with E-state index >= 15 is 0 Å². The minimum Gasteiger partial charge on any atom is -0.459 e. The molecule has 0 radical (unpaired) electrons. The van der Waals surface area contributed by atoms with E-state index in [1.165, 1.54) is 30.2 Å². The number of carbonyl (C=O) groups is 2. The largest absolute Gasteiger partial charge is 0.459 e. The molecule has 5 heteroatoms. The van der Waals surface area contributed by atoms with Crippen molar-refractivity contribution in [2.45, 2.75) is 31.1 Å². The van der Waals surface area contributed by atoms with Crippen LogP contribution in [0.25, 0.3) is 0 Å². The monoisotopic (exact) mass is 338 g/mol. The summed E-state index contributed by atoms with van der Waals surface area (Å²) in [5.74, 6) is 0.493. The third-order valence-corrected chi connectivity index (χ3v) is 5.55. The molecule has 1 aromatic heterocycles. The number of aryl methyl sites for hydroxylation is 1. The van der Waals surface area contributed by atoms with Crippen LogP contribution in [0.4, 0.5) is 0 Å². The zero-order valence-corrected chi connectivity index (χ0v) is 14.1. The molecule has 25 heavy (non-hydrogen) atoms. The molecular weight excluding hydrogens is 316 g/mol. The molecule has 0 saturated heterocycles. The smallest absolute Gasteiger partial charge is 0.286 e. The summed E-state index contributed by atoms with van der Waals surface area (Å²) in [6.07, 6.45) is 5.25. The molecule has 1 fully saturated rings. The molecule has 4 rings (SSSR count). The molecule has 1 heterocycles. The van der Waals surface area contributed by atoms with Crippen LogP contribution in [0.1, 0.15) is 40.9 Å². The van der Waals surface area contributed by atoms with Crippen molar-refractivity contribution in [1.82, 2.24) is 10.6 Å². The SMILES string of the molecule is O=C(CCNC(=O)c1ccco1)NC[C@@H]1C[C@]12CCc1ccccc12. The van der Waals surface area contributed by atoms with Crippen LogP contribution >= 0.6 is 0 Å². The van der Waals surface area contributed by atoms with Gasteiger partial charge in [0.2, 0.25) is 5.91 Å². The van der Waals surface area contributed by atoms with Crippen molar-refractivity contribution in [3.05, 3.63) is 59.5 Å². The van der Waals surface area contributed by atoms with Crippen molar-refractivity contribution in [1.29, 1.82) is 0 Å². The minimum absolute atomic E-state index is 0.0203. The molecule has 0 bridgehead atoms. The summed E-state index contributed by atoms with van der Waals surface area (Å²) in [5, 5.41) is 5.71. The molecule has 130 valence electrons. The van der Waals surface area contributed by atoms with Crippen LogP contribution in [0, 0.1) is 5.92 Å². The summed E-state index contributed by atoms with van der Waals surface area (Å²) in [4.78, 5) is 23.7. The lowest BCUT2D eigenvalue weighted by molar-refractivity contribution is -0.121. The Labute approximate surface area is 146 Å². The lowest BCUT2D eigenvalue weighted by atomic mass is 9.95. The van der Waals surface area contributed by atoms with Crippen LogP contribution in [0.15, 0.2) is 47.1 Å². The molecule has 2 atom stereocenters. The Morgan fingerprint density at radius 2 is 2.04 bits per heavy atom. The number of nitrogens with one attached hydrogen (secondary N) is 2. The van der Waals surface area contributed by atoms with Crippen molar-refractivity contribution in [2.24, 2.45) is 5.92 Å². The molecule has 2 N–H and O–H groups in total. The molecule has 5 nitrogen and oxygen atoms in total. The van der Waals surface area contributed by atoms with E-state index in [1.807, 2.05) is 0 Å². The van der Waals surface area contributed by atoms with Gasteiger partial charge in [0.25, 0.3) is 5.91 Å². The number of carbonyl (C=O) groups excluding carboxylic acids is 2. The Hall–Kier alpha value is -2.56. The van der Waals surface area contributed by atoms with Crippen LogP contribution in [-0.2, 0) is 16.6 Å². The Morgan fingerprint density at radius 1 is 1.16 bits per heavy atom. The lowest BCUT2D eigenvalue weighted by Crippen LogP contribution is -2.32. The fraction of sp³-hybridized carbons (Fsp3) is 0.400. The molecule has 2 amide bonds. The van der Waals surface area contributed by atoms with Gasteiger partial charge in [-0.1, -0.05) is 24.3 Å². The van der Waals surface area contributed by atoms with Crippen LogP contribution in [0.3, 0.4) is 0 Å². The van der Waals surface area contributed by atoms with E-state index in [9.17, 15) is 9.59 Å². The number of amides is 2. The zero-order chi connectivity index (χ0) is 17.3. The maximum atomic E-state index is 12.0. The predicted molar refractivity (Wildman–Crippen MR) is 93.2 cm³/mol. The fourth-order valence-electron chi connectivity index (χ4n) is 4.11. The van der Waals surface area contributed by atoms with E-state index in [-0.39, 0.29) is 24.0 Å². The number of hydrogen-bond donors (Lipinski definition) is 2. The quantitative estimate of drug-likeness (QED) is 0.850. The van der Waals surface area contributed by atoms with Crippen LogP contribution in [0.5, 0.6) is 0 Å². The van der Waals surface area contributed by atoms with Gasteiger partial charge in [-0.15, -0.1) is 0 Å². The second kappa shape index (κ2) is 6.39. The maximum Gasteiger partial charge on any atom is 0.286 e. The zero-order valence-electron chi connectivity index (χ0n) is 14.1. The van der Waals surface area contributed by atoms with Crippen molar-refractivity contribution >= 4 is 11.8 Å². The normalized spacial score (nSPS) is 23.3. The third kappa shape index (κ3) is 3.06. The predicted octanol–water partition coefficient (Wildman–Crippen LogP) is 2.42. The number of fused-ring (bicyclic) bond motifs is 2. The fourth-order valence-corrected chi connectivity index (χ4v) is 4.11. The highest BCUT2D eigenvalue weighted by atomic mass is 16.3. The second-order valence-corrected chi connectivity index (χ2v) is 7.00. The maximum absolute atomic E-state index is 12.0. The number of hydrogen-bond acceptors (Lipinski definition) is 3. The first kappa shape index (κ1) is 15.9. The second-order valence-electron chi connectivity index (χ2n) is 7.00. The third-order valence-electron chi connectivity index (χ3n) is 5.55. The van der Waals surface area contributed by atoms with Gasteiger partial charge >= 0.3 is 0 Å². The molecule has 1 aromatic carbocycles. The Morgan fingerprint density at radius 3 is 2.88 bits per heavy atom. The average Bonchev–Trinajstić information content (AvgIpc) is 2.98. The standard InChI is InChI=1S/C20H22N2O3/c23-18(8-10-21-19(24)17-6-3-11-25-17)22-13-15-12-20(15)9-7-14-4-1-2-5-16(14)20/h1-6,11,15H,7-10,12-13H2,(H,21,24)(H,22,23)/t15-,20+/m0/s1. The van der Waals surface area contributed by atoms with Gasteiger partial charge in [-0.25, -0.2) is 0 Å². The van der Waals surface area contributed by atoms with E-state index in [0.717, 1.165) is 13.0 Å². The van der Waals surface area contributed by atoms with Gasteiger partial charge < -0.3 is 15.1 Å². The first-order valence-corrected chi connectivity index (χ1v) is 8.86. The van der Waals surface area contributed by atoms with Gasteiger partial charge in [0.1, 0.15) is 0 Å². The van der Waals surface area contributed by atoms with E-state index in [2.05, 4.69) is 34.9 Å². The summed E-state index contributed by atoms with van der Waals surface area (Å²) in [5.41, 5.74) is 3.26. The first-order chi connectivity index (χ1) is 12.2. The van der Waals surface area contributed by atoms with Gasteiger partial charge in [0.05, 0.1) is 6.26 Å². The highest BCUT2D eigenvalue weighted by Crippen LogP contribution is 2.61. The number of benzene rings is 1. The summed E-state index contributed by atoms with van der Waals surface area (Å²) in [6, 6.07) is 11.9. The Bertz CT molecular complexity index is 784. The topological polar surface area (TPSA) is 71.3 Å². The van der Waals surface area contributed by atoms with Crippen molar-refractivity contribution in [3.63, 3.8) is 0 Å². The first-order valence-electron chi connectivity index (χ1n) is 8.86. The highest BCUT2D eigenvalue weighted by Gasteiger charge is 2.57. The highest BCUT2D eigenvalue weighted by molar-refractivity contribution is 5.91. The molecule has 0 unspecified atom stereocenters. The molecule has 1 spiro atoms. The van der Waals surface area contributed by atoms with Gasteiger partial charge in [-0.2, -0.15) is 0 Å². The van der Waals surface area contributed by atoms with Gasteiger partial charge in [-0.05, 0) is 48.4 Å². The summed E-state index contributed by atoms with van der Waals surface area (Å²) < 4.78 is 5.01. The molecule has 2 aliphatic rings. The molecule has 1 saturated carbocycles. The summed E-state index contributed by atoms with van der Waals surface area (Å²) in [6.45, 7) is 1.03. The van der Waals surface area contributed by atoms with E-state index in [1.54, 1.807) is 12.1 Å². The molecule has 2 aliphatic carbocycles.